The number of piperazine rings is 1. The normalized spacial score (nSPS) is 14.7. The van der Waals surface area contributed by atoms with E-state index in [1.165, 1.54) is 17.7 Å². The molecule has 1 aromatic heterocycles. The Bertz CT molecular complexity index is 776. The van der Waals surface area contributed by atoms with Crippen molar-refractivity contribution in [3.05, 3.63) is 64.5 Å². The van der Waals surface area contributed by atoms with E-state index in [1.807, 2.05) is 12.1 Å². The summed E-state index contributed by atoms with van der Waals surface area (Å²) >= 11 is 0. The summed E-state index contributed by atoms with van der Waals surface area (Å²) < 4.78 is 5.39. The first kappa shape index (κ1) is 18.8. The molecule has 0 atom stereocenters. The largest absolute Gasteiger partial charge is 0.477 e. The maximum atomic E-state index is 12.3. The molecule has 2 aromatic rings. The van der Waals surface area contributed by atoms with Crippen molar-refractivity contribution in [2.45, 2.75) is 6.42 Å². The number of aromatic nitrogens is 1. The van der Waals surface area contributed by atoms with Crippen molar-refractivity contribution in [2.75, 3.05) is 39.3 Å². The van der Waals surface area contributed by atoms with Crippen LogP contribution in [0.3, 0.4) is 0 Å². The number of rotatable bonds is 7. The van der Waals surface area contributed by atoms with Crippen LogP contribution in [0.15, 0.2) is 48.8 Å². The van der Waals surface area contributed by atoms with E-state index in [0.717, 1.165) is 26.1 Å². The molecule has 0 saturated carbocycles. The molecule has 2 heterocycles. The van der Waals surface area contributed by atoms with E-state index in [0.29, 0.717) is 13.1 Å². The quantitative estimate of drug-likeness (QED) is 0.545. The lowest BCUT2D eigenvalue weighted by atomic mass is 10.2. The van der Waals surface area contributed by atoms with Crippen LogP contribution in [0.25, 0.3) is 0 Å². The van der Waals surface area contributed by atoms with Crippen LogP contribution in [0.2, 0.25) is 0 Å². The van der Waals surface area contributed by atoms with Crippen LogP contribution in [0.4, 0.5) is 5.69 Å². The smallest absolute Gasteiger partial charge is 0.310 e. The number of carbonyl (C=O) groups excluding carboxylic acids is 1. The molecule has 8 heteroatoms. The van der Waals surface area contributed by atoms with Crippen molar-refractivity contribution in [2.24, 2.45) is 0 Å². The highest BCUT2D eigenvalue weighted by Gasteiger charge is 2.22. The second-order valence-corrected chi connectivity index (χ2v) is 6.34. The van der Waals surface area contributed by atoms with Gasteiger partial charge in [-0.05, 0) is 30.2 Å². The van der Waals surface area contributed by atoms with Crippen molar-refractivity contribution in [3.8, 4) is 5.75 Å². The van der Waals surface area contributed by atoms with Gasteiger partial charge in [-0.15, -0.1) is 0 Å². The second kappa shape index (κ2) is 9.09. The molecule has 27 heavy (non-hydrogen) atoms. The summed E-state index contributed by atoms with van der Waals surface area (Å²) in [6.45, 7) is 3.64. The van der Waals surface area contributed by atoms with Crippen LogP contribution in [0.1, 0.15) is 5.56 Å². The summed E-state index contributed by atoms with van der Waals surface area (Å²) in [4.78, 5) is 30.9. The fourth-order valence-corrected chi connectivity index (χ4v) is 3.02. The van der Waals surface area contributed by atoms with Gasteiger partial charge in [-0.25, -0.2) is 0 Å². The molecule has 1 saturated heterocycles. The first-order valence-electron chi connectivity index (χ1n) is 8.89. The van der Waals surface area contributed by atoms with E-state index in [-0.39, 0.29) is 24.0 Å². The minimum atomic E-state index is -0.513. The third kappa shape index (κ3) is 5.24. The average Bonchev–Trinajstić information content (AvgIpc) is 2.71. The van der Waals surface area contributed by atoms with Crippen LogP contribution in [0.5, 0.6) is 5.75 Å². The molecule has 0 unspecified atom stereocenters. The van der Waals surface area contributed by atoms with Crippen molar-refractivity contribution < 1.29 is 14.5 Å². The van der Waals surface area contributed by atoms with Gasteiger partial charge in [0.05, 0.1) is 4.92 Å². The Hall–Kier alpha value is -3.00. The number of nitro groups is 1. The van der Waals surface area contributed by atoms with Crippen molar-refractivity contribution in [3.63, 3.8) is 0 Å². The maximum Gasteiger partial charge on any atom is 0.310 e. The molecule has 1 amide bonds. The number of carbonyl (C=O) groups is 1. The van der Waals surface area contributed by atoms with Crippen LogP contribution >= 0.6 is 0 Å². The Kier molecular flexibility index (Phi) is 6.32. The highest BCUT2D eigenvalue weighted by atomic mass is 16.6. The number of para-hydroxylation sites is 2. The molecule has 0 radical (unpaired) electrons. The molecule has 0 spiro atoms. The van der Waals surface area contributed by atoms with E-state index in [9.17, 15) is 14.9 Å². The van der Waals surface area contributed by atoms with Crippen molar-refractivity contribution >= 4 is 11.6 Å². The Labute approximate surface area is 157 Å². The number of nitrogens with zero attached hydrogens (tertiary/aromatic N) is 4. The van der Waals surface area contributed by atoms with Gasteiger partial charge in [0.25, 0.3) is 5.91 Å². The average molecular weight is 370 g/mol. The molecule has 1 aliphatic heterocycles. The molecule has 1 aliphatic rings. The van der Waals surface area contributed by atoms with Gasteiger partial charge in [0.2, 0.25) is 0 Å². The summed E-state index contributed by atoms with van der Waals surface area (Å²) in [5.74, 6) is -0.0335. The highest BCUT2D eigenvalue weighted by molar-refractivity contribution is 5.78. The zero-order valence-corrected chi connectivity index (χ0v) is 15.0. The fraction of sp³-hybridized carbons (Fsp3) is 0.368. The van der Waals surface area contributed by atoms with Gasteiger partial charge in [0.15, 0.2) is 12.4 Å². The van der Waals surface area contributed by atoms with Gasteiger partial charge in [-0.2, -0.15) is 0 Å². The van der Waals surface area contributed by atoms with Crippen LogP contribution in [-0.4, -0.2) is 64.9 Å². The Balaban J connectivity index is 1.43. The number of pyridine rings is 1. The molecule has 8 nitrogen and oxygen atoms in total. The third-order valence-corrected chi connectivity index (χ3v) is 4.60. The summed E-state index contributed by atoms with van der Waals surface area (Å²) in [5.41, 5.74) is 1.12. The predicted molar refractivity (Wildman–Crippen MR) is 99.6 cm³/mol. The first-order chi connectivity index (χ1) is 13.1. The van der Waals surface area contributed by atoms with E-state index in [4.69, 9.17) is 4.74 Å². The highest BCUT2D eigenvalue weighted by Crippen LogP contribution is 2.25. The van der Waals surface area contributed by atoms with Gasteiger partial charge in [0, 0.05) is 51.2 Å². The molecular weight excluding hydrogens is 348 g/mol. The molecular formula is C19H22N4O4. The summed E-state index contributed by atoms with van der Waals surface area (Å²) in [5, 5.41) is 11.0. The fourth-order valence-electron chi connectivity index (χ4n) is 3.02. The van der Waals surface area contributed by atoms with E-state index in [2.05, 4.69) is 9.88 Å². The zero-order valence-electron chi connectivity index (χ0n) is 15.0. The van der Waals surface area contributed by atoms with Gasteiger partial charge in [-0.1, -0.05) is 12.1 Å². The number of hydrogen-bond donors (Lipinski definition) is 0. The maximum absolute atomic E-state index is 12.3. The lowest BCUT2D eigenvalue weighted by Gasteiger charge is -2.34. The lowest BCUT2D eigenvalue weighted by Crippen LogP contribution is -2.50. The summed E-state index contributed by atoms with van der Waals surface area (Å²) in [6, 6.07) is 10.1. The zero-order chi connectivity index (χ0) is 19.1. The molecule has 1 fully saturated rings. The standard InChI is InChI=1S/C19H22N4O4/c24-19(15-27-18-4-2-1-3-17(18)23(25)26)22-13-11-21(12-14-22)10-7-16-5-8-20-9-6-16/h1-6,8-9H,7,10-15H2. The number of hydrogen-bond acceptors (Lipinski definition) is 6. The number of ether oxygens (including phenoxy) is 1. The molecule has 1 aromatic carbocycles. The molecule has 0 bridgehead atoms. The van der Waals surface area contributed by atoms with Gasteiger partial charge < -0.3 is 9.64 Å². The monoisotopic (exact) mass is 370 g/mol. The minimum absolute atomic E-state index is 0.117. The van der Waals surface area contributed by atoms with E-state index < -0.39 is 4.92 Å². The van der Waals surface area contributed by atoms with Gasteiger partial charge in [-0.3, -0.25) is 24.8 Å². The summed E-state index contributed by atoms with van der Waals surface area (Å²) in [6.07, 6.45) is 4.54. The van der Waals surface area contributed by atoms with Crippen molar-refractivity contribution in [1.29, 1.82) is 0 Å². The molecule has 0 aliphatic carbocycles. The Morgan fingerprint density at radius 3 is 2.52 bits per heavy atom. The number of benzene rings is 1. The van der Waals surface area contributed by atoms with Crippen LogP contribution in [0, 0.1) is 10.1 Å². The van der Waals surface area contributed by atoms with Gasteiger partial charge in [0.1, 0.15) is 0 Å². The lowest BCUT2D eigenvalue weighted by molar-refractivity contribution is -0.385. The third-order valence-electron chi connectivity index (χ3n) is 4.60. The number of amides is 1. The first-order valence-corrected chi connectivity index (χ1v) is 8.89. The van der Waals surface area contributed by atoms with E-state index >= 15 is 0 Å². The van der Waals surface area contributed by atoms with Gasteiger partial charge >= 0.3 is 5.69 Å². The SMILES string of the molecule is O=C(COc1ccccc1[N+](=O)[O-])N1CCN(CCc2ccncc2)CC1. The topological polar surface area (TPSA) is 88.8 Å². The van der Waals surface area contributed by atoms with Crippen molar-refractivity contribution in [1.82, 2.24) is 14.8 Å². The van der Waals surface area contributed by atoms with Crippen LogP contribution < -0.4 is 4.74 Å². The summed E-state index contributed by atoms with van der Waals surface area (Å²) in [7, 11) is 0. The predicted octanol–water partition coefficient (Wildman–Crippen LogP) is 1.76. The Morgan fingerprint density at radius 2 is 1.81 bits per heavy atom. The minimum Gasteiger partial charge on any atom is -0.477 e. The van der Waals surface area contributed by atoms with Crippen LogP contribution in [-0.2, 0) is 11.2 Å². The Morgan fingerprint density at radius 1 is 1.11 bits per heavy atom. The molecule has 142 valence electrons. The van der Waals surface area contributed by atoms with E-state index in [1.54, 1.807) is 29.4 Å². The second-order valence-electron chi connectivity index (χ2n) is 6.34. The molecule has 0 N–H and O–H groups in total. The molecule has 3 rings (SSSR count). The number of nitro benzene ring substituents is 1.